The van der Waals surface area contributed by atoms with Crippen LogP contribution in [0.15, 0.2) is 36.4 Å². The molecule has 3 nitrogen and oxygen atoms in total. The summed E-state index contributed by atoms with van der Waals surface area (Å²) >= 11 is 2.88. The Morgan fingerprint density at radius 1 is 1.36 bits per heavy atom. The summed E-state index contributed by atoms with van der Waals surface area (Å²) in [6.45, 7) is 0.0381. The van der Waals surface area contributed by atoms with Crippen LogP contribution in [0.2, 0.25) is 0 Å². The Balaban J connectivity index is 2.10. The normalized spacial score (nSPS) is 12.1. The number of thiophene rings is 1. The van der Waals surface area contributed by atoms with E-state index in [2.05, 4.69) is 5.32 Å². The second kappa shape index (κ2) is 8.31. The van der Waals surface area contributed by atoms with Crippen LogP contribution in [0.1, 0.15) is 16.1 Å². The molecular weight excluding hydrogens is 321 g/mol. The highest BCUT2D eigenvalue weighted by Crippen LogP contribution is 2.30. The van der Waals surface area contributed by atoms with Gasteiger partial charge in [0.25, 0.3) is 5.91 Å². The molecule has 0 aliphatic heterocycles. The van der Waals surface area contributed by atoms with Crippen molar-refractivity contribution < 1.29 is 14.3 Å². The van der Waals surface area contributed by atoms with Gasteiger partial charge in [-0.25, -0.2) is 4.39 Å². The summed E-state index contributed by atoms with van der Waals surface area (Å²) < 4.78 is 13.8. The van der Waals surface area contributed by atoms with Crippen LogP contribution in [0, 0.1) is 5.82 Å². The lowest BCUT2D eigenvalue weighted by Crippen LogP contribution is -2.36. The average molecular weight is 339 g/mol. The molecule has 0 saturated heterocycles. The number of carbonyl (C=O) groups is 1. The lowest BCUT2D eigenvalue weighted by Gasteiger charge is -2.15. The molecule has 2 rings (SSSR count). The molecule has 2 aromatic rings. The van der Waals surface area contributed by atoms with E-state index < -0.39 is 0 Å². The smallest absolute Gasteiger partial charge is 0.261 e. The predicted molar refractivity (Wildman–Crippen MR) is 91.1 cm³/mol. The molecule has 22 heavy (non-hydrogen) atoms. The van der Waals surface area contributed by atoms with E-state index >= 15 is 0 Å². The maximum atomic E-state index is 13.8. The highest BCUT2D eigenvalue weighted by Gasteiger charge is 2.16. The van der Waals surface area contributed by atoms with Crippen molar-refractivity contribution in [1.82, 2.24) is 5.32 Å². The molecule has 0 fully saturated rings. The molecule has 2 N–H and O–H groups in total. The first-order valence-electron chi connectivity index (χ1n) is 6.91. The minimum atomic E-state index is -0.295. The lowest BCUT2D eigenvalue weighted by molar-refractivity contribution is 0.0939. The van der Waals surface area contributed by atoms with Gasteiger partial charge in [0, 0.05) is 28.8 Å². The molecule has 0 bridgehead atoms. The summed E-state index contributed by atoms with van der Waals surface area (Å²) in [5.41, 5.74) is 0.502. The van der Waals surface area contributed by atoms with Gasteiger partial charge in [-0.3, -0.25) is 4.79 Å². The summed E-state index contributed by atoms with van der Waals surface area (Å²) in [5, 5.41) is 11.9. The van der Waals surface area contributed by atoms with Crippen molar-refractivity contribution in [3.8, 4) is 10.4 Å². The SMILES string of the molecule is CSCC(CCO)NC(=O)c1ccc(-c2ccccc2F)s1. The Hall–Kier alpha value is -1.37. The standard InChI is InChI=1S/C16H18FNO2S2/c1-21-10-11(8-9-19)18-16(20)15-7-6-14(22-15)12-4-2-3-5-13(12)17/h2-7,11,19H,8-10H2,1H3,(H,18,20). The van der Waals surface area contributed by atoms with Crippen molar-refractivity contribution in [3.05, 3.63) is 47.1 Å². The van der Waals surface area contributed by atoms with Crippen LogP contribution in [-0.4, -0.2) is 35.7 Å². The van der Waals surface area contributed by atoms with Crippen LogP contribution >= 0.6 is 23.1 Å². The summed E-state index contributed by atoms with van der Waals surface area (Å²) in [6.07, 6.45) is 2.48. The molecule has 1 unspecified atom stereocenters. The Morgan fingerprint density at radius 3 is 2.82 bits per heavy atom. The van der Waals surface area contributed by atoms with Gasteiger partial charge in [-0.15, -0.1) is 11.3 Å². The number of halogens is 1. The van der Waals surface area contributed by atoms with Crippen LogP contribution in [0.25, 0.3) is 10.4 Å². The number of amides is 1. The molecule has 1 aromatic heterocycles. The summed E-state index contributed by atoms with van der Waals surface area (Å²) in [4.78, 5) is 13.5. The molecule has 6 heteroatoms. The maximum absolute atomic E-state index is 13.8. The van der Waals surface area contributed by atoms with Gasteiger partial charge in [-0.05, 0) is 30.9 Å². The zero-order chi connectivity index (χ0) is 15.9. The van der Waals surface area contributed by atoms with Gasteiger partial charge < -0.3 is 10.4 Å². The van der Waals surface area contributed by atoms with E-state index in [1.54, 1.807) is 42.1 Å². The third-order valence-electron chi connectivity index (χ3n) is 3.15. The van der Waals surface area contributed by atoms with Crippen LogP contribution in [0.4, 0.5) is 4.39 Å². The van der Waals surface area contributed by atoms with Crippen molar-refractivity contribution in [3.63, 3.8) is 0 Å². The fraction of sp³-hybridized carbons (Fsp3) is 0.312. The monoisotopic (exact) mass is 339 g/mol. The molecule has 0 aliphatic rings. The van der Waals surface area contributed by atoms with Gasteiger partial charge in [-0.2, -0.15) is 11.8 Å². The zero-order valence-corrected chi connectivity index (χ0v) is 13.8. The van der Waals surface area contributed by atoms with E-state index in [9.17, 15) is 9.18 Å². The van der Waals surface area contributed by atoms with Gasteiger partial charge >= 0.3 is 0 Å². The maximum Gasteiger partial charge on any atom is 0.261 e. The van der Waals surface area contributed by atoms with E-state index in [4.69, 9.17) is 5.11 Å². The highest BCUT2D eigenvalue weighted by atomic mass is 32.2. The third-order valence-corrected chi connectivity index (χ3v) is 5.00. The Morgan fingerprint density at radius 2 is 2.14 bits per heavy atom. The second-order valence-corrected chi connectivity index (χ2v) is 6.78. The van der Waals surface area contributed by atoms with Gasteiger partial charge in [0.15, 0.2) is 0 Å². The minimum Gasteiger partial charge on any atom is -0.396 e. The van der Waals surface area contributed by atoms with Crippen LogP contribution < -0.4 is 5.32 Å². The van der Waals surface area contributed by atoms with Gasteiger partial charge in [0.05, 0.1) is 4.88 Å². The number of benzene rings is 1. The molecule has 0 radical (unpaired) electrons. The van der Waals surface area contributed by atoms with Gasteiger partial charge in [0.2, 0.25) is 0 Å². The topological polar surface area (TPSA) is 49.3 Å². The fourth-order valence-electron chi connectivity index (χ4n) is 2.08. The Bertz CT molecular complexity index is 624. The average Bonchev–Trinajstić information content (AvgIpc) is 2.98. The van der Waals surface area contributed by atoms with E-state index in [0.717, 1.165) is 10.6 Å². The van der Waals surface area contributed by atoms with Gasteiger partial charge in [0.1, 0.15) is 5.82 Å². The molecule has 1 amide bonds. The molecule has 1 heterocycles. The van der Waals surface area contributed by atoms with Gasteiger partial charge in [-0.1, -0.05) is 18.2 Å². The van der Waals surface area contributed by atoms with Crippen molar-refractivity contribution in [2.75, 3.05) is 18.6 Å². The van der Waals surface area contributed by atoms with E-state index in [1.165, 1.54) is 17.4 Å². The third kappa shape index (κ3) is 4.32. The molecule has 1 atom stereocenters. The van der Waals surface area contributed by atoms with Crippen molar-refractivity contribution in [1.29, 1.82) is 0 Å². The summed E-state index contributed by atoms with van der Waals surface area (Å²) in [5.74, 6) is 0.273. The first kappa shape index (κ1) is 17.0. The molecular formula is C16H18FNO2S2. The summed E-state index contributed by atoms with van der Waals surface area (Å²) in [7, 11) is 0. The van der Waals surface area contributed by atoms with E-state index in [0.29, 0.717) is 16.9 Å². The minimum absolute atomic E-state index is 0.0381. The number of nitrogens with one attached hydrogen (secondary N) is 1. The Labute approximate surface area is 137 Å². The van der Waals surface area contributed by atoms with E-state index in [-0.39, 0.29) is 24.4 Å². The number of carbonyl (C=O) groups excluding carboxylic acids is 1. The van der Waals surface area contributed by atoms with Crippen molar-refractivity contribution in [2.45, 2.75) is 12.5 Å². The number of hydrogen-bond acceptors (Lipinski definition) is 4. The lowest BCUT2D eigenvalue weighted by atomic mass is 10.2. The molecule has 0 aliphatic carbocycles. The fourth-order valence-corrected chi connectivity index (χ4v) is 3.67. The number of thioether (sulfide) groups is 1. The molecule has 118 valence electrons. The molecule has 0 spiro atoms. The first-order chi connectivity index (χ1) is 10.7. The number of aliphatic hydroxyl groups excluding tert-OH is 1. The number of rotatable bonds is 7. The Kier molecular flexibility index (Phi) is 6.42. The van der Waals surface area contributed by atoms with Crippen LogP contribution in [-0.2, 0) is 0 Å². The highest BCUT2D eigenvalue weighted by molar-refractivity contribution is 7.98. The van der Waals surface area contributed by atoms with Crippen molar-refractivity contribution >= 4 is 29.0 Å². The largest absolute Gasteiger partial charge is 0.396 e. The quantitative estimate of drug-likeness (QED) is 0.813. The van der Waals surface area contributed by atoms with Crippen LogP contribution in [0.3, 0.4) is 0 Å². The van der Waals surface area contributed by atoms with Crippen molar-refractivity contribution in [2.24, 2.45) is 0 Å². The molecule has 1 aromatic carbocycles. The molecule has 0 saturated carbocycles. The van der Waals surface area contributed by atoms with E-state index in [1.807, 2.05) is 6.26 Å². The second-order valence-electron chi connectivity index (χ2n) is 4.78. The predicted octanol–water partition coefficient (Wildman–Crippen LogP) is 3.40. The van der Waals surface area contributed by atoms with Crippen LogP contribution in [0.5, 0.6) is 0 Å². The summed E-state index contributed by atoms with van der Waals surface area (Å²) in [6, 6.07) is 9.92. The number of hydrogen-bond donors (Lipinski definition) is 2. The number of aliphatic hydroxyl groups is 1. The first-order valence-corrected chi connectivity index (χ1v) is 9.12. The zero-order valence-electron chi connectivity index (χ0n) is 12.2.